The van der Waals surface area contributed by atoms with Gasteiger partial charge in [-0.05, 0) is 48.4 Å². The highest BCUT2D eigenvalue weighted by Crippen LogP contribution is 2.39. The van der Waals surface area contributed by atoms with Crippen LogP contribution in [0.5, 0.6) is 0 Å². The van der Waals surface area contributed by atoms with E-state index >= 15 is 0 Å². The Morgan fingerprint density at radius 2 is 1.69 bits per heavy atom. The highest BCUT2D eigenvalue weighted by molar-refractivity contribution is 5.34. The van der Waals surface area contributed by atoms with Crippen molar-refractivity contribution in [2.24, 2.45) is 0 Å². The summed E-state index contributed by atoms with van der Waals surface area (Å²) in [5, 5.41) is 6.53. The first-order valence-electron chi connectivity index (χ1n) is 10.8. The summed E-state index contributed by atoms with van der Waals surface area (Å²) in [6, 6.07) is 6.14. The number of H-pyrrole nitrogens is 1. The van der Waals surface area contributed by atoms with Crippen molar-refractivity contribution in [2.75, 3.05) is 13.2 Å². The van der Waals surface area contributed by atoms with E-state index in [9.17, 15) is 30.7 Å². The topological polar surface area (TPSA) is 63.3 Å². The first-order chi connectivity index (χ1) is 16.9. The fourth-order valence-electron chi connectivity index (χ4n) is 4.00. The third kappa shape index (κ3) is 6.02. The molecule has 13 heteroatoms. The van der Waals surface area contributed by atoms with E-state index < -0.39 is 47.7 Å². The number of hydrogen-bond donors (Lipinski definition) is 1. The molecule has 3 aromatic rings. The number of hydrogen-bond acceptors (Lipinski definition) is 5. The van der Waals surface area contributed by atoms with Gasteiger partial charge in [-0.15, -0.1) is 0 Å². The summed E-state index contributed by atoms with van der Waals surface area (Å²) in [7, 11) is 0. The summed E-state index contributed by atoms with van der Waals surface area (Å²) in [5.41, 5.74) is -2.61. The first-order valence-corrected chi connectivity index (χ1v) is 10.8. The van der Waals surface area contributed by atoms with Gasteiger partial charge in [0.2, 0.25) is 0 Å². The van der Waals surface area contributed by atoms with E-state index in [0.29, 0.717) is 30.1 Å². The molecular weight excluding hydrogens is 497 g/mol. The van der Waals surface area contributed by atoms with Crippen molar-refractivity contribution in [3.8, 4) is 0 Å². The van der Waals surface area contributed by atoms with Gasteiger partial charge >= 0.3 is 12.4 Å². The number of rotatable bonds is 6. The molecule has 1 fully saturated rings. The van der Waals surface area contributed by atoms with Crippen LogP contribution in [0.3, 0.4) is 0 Å². The Hall–Kier alpha value is -3.03. The van der Waals surface area contributed by atoms with E-state index in [-0.39, 0.29) is 24.8 Å². The zero-order valence-corrected chi connectivity index (χ0v) is 18.8. The van der Waals surface area contributed by atoms with Gasteiger partial charge in [0.1, 0.15) is 18.0 Å². The number of nitrogens with one attached hydrogen (secondary N) is 1. The molecule has 0 spiro atoms. The van der Waals surface area contributed by atoms with Crippen LogP contribution in [0.25, 0.3) is 0 Å². The lowest BCUT2D eigenvalue weighted by Gasteiger charge is -2.41. The van der Waals surface area contributed by atoms with Gasteiger partial charge in [-0.3, -0.25) is 10.00 Å². The van der Waals surface area contributed by atoms with Gasteiger partial charge in [-0.25, -0.2) is 9.37 Å². The van der Waals surface area contributed by atoms with E-state index in [1.807, 2.05) is 4.90 Å². The molecule has 194 valence electrons. The molecule has 0 aliphatic carbocycles. The smallest absolute Gasteiger partial charge is 0.349 e. The van der Waals surface area contributed by atoms with Crippen LogP contribution >= 0.6 is 0 Å². The van der Waals surface area contributed by atoms with Crippen molar-refractivity contribution in [1.29, 1.82) is 0 Å². The third-order valence-corrected chi connectivity index (χ3v) is 5.76. The number of alkyl halides is 6. The average Bonchev–Trinajstić information content (AvgIpc) is 3.32. The van der Waals surface area contributed by atoms with E-state index in [2.05, 4.69) is 15.2 Å². The lowest BCUT2D eigenvalue weighted by atomic mass is 10.0. The average molecular weight is 518 g/mol. The van der Waals surface area contributed by atoms with E-state index in [0.717, 1.165) is 0 Å². The maximum Gasteiger partial charge on any atom is 0.416 e. The molecule has 0 bridgehead atoms. The second-order valence-corrected chi connectivity index (χ2v) is 8.26. The van der Waals surface area contributed by atoms with Crippen molar-refractivity contribution in [2.45, 2.75) is 44.3 Å². The van der Waals surface area contributed by atoms with Crippen LogP contribution in [0.15, 0.2) is 48.8 Å². The van der Waals surface area contributed by atoms with Gasteiger partial charge in [0.25, 0.3) is 0 Å². The summed E-state index contributed by atoms with van der Waals surface area (Å²) in [6.45, 7) is 2.18. The molecule has 1 aliphatic rings. The SMILES string of the molecule is C[C@H](O[C@H]1OCCN(Cc2ncn[nH]2)[C@H]1c1ccc(F)cc1)c1cc(C(F)(F)F)cc(C(F)(F)F)c1. The van der Waals surface area contributed by atoms with Gasteiger partial charge in [0.15, 0.2) is 6.29 Å². The quantitative estimate of drug-likeness (QED) is 0.427. The Kier molecular flexibility index (Phi) is 7.34. The van der Waals surface area contributed by atoms with Gasteiger partial charge in [-0.2, -0.15) is 31.4 Å². The normalized spacial score (nSPS) is 20.4. The number of aromatic amines is 1. The molecule has 1 aromatic heterocycles. The van der Waals surface area contributed by atoms with E-state index in [1.54, 1.807) is 0 Å². The van der Waals surface area contributed by atoms with E-state index in [1.165, 1.54) is 37.5 Å². The van der Waals surface area contributed by atoms with Crippen LogP contribution in [-0.4, -0.2) is 39.5 Å². The summed E-state index contributed by atoms with van der Waals surface area (Å²) in [4.78, 5) is 5.98. The van der Waals surface area contributed by atoms with Crippen LogP contribution < -0.4 is 0 Å². The minimum absolute atomic E-state index is 0.0633. The Morgan fingerprint density at radius 1 is 1.06 bits per heavy atom. The number of ether oxygens (including phenoxy) is 2. The van der Waals surface area contributed by atoms with Gasteiger partial charge in [0.05, 0.1) is 36.4 Å². The Bertz CT molecular complexity index is 1120. The zero-order valence-electron chi connectivity index (χ0n) is 18.8. The van der Waals surface area contributed by atoms with Gasteiger partial charge < -0.3 is 9.47 Å². The number of aromatic nitrogens is 3. The van der Waals surface area contributed by atoms with Crippen LogP contribution in [-0.2, 0) is 28.4 Å². The number of halogens is 7. The molecule has 0 unspecified atom stereocenters. The highest BCUT2D eigenvalue weighted by Gasteiger charge is 2.39. The molecule has 4 rings (SSSR count). The maximum absolute atomic E-state index is 13.6. The van der Waals surface area contributed by atoms with Gasteiger partial charge in [-0.1, -0.05) is 12.1 Å². The molecular formula is C23H21F7N4O2. The largest absolute Gasteiger partial charge is 0.416 e. The molecule has 0 radical (unpaired) electrons. The first kappa shape index (κ1) is 26.0. The van der Waals surface area contributed by atoms with Crippen LogP contribution in [0, 0.1) is 5.82 Å². The van der Waals surface area contributed by atoms with E-state index in [4.69, 9.17) is 9.47 Å². The molecule has 1 saturated heterocycles. The minimum atomic E-state index is -4.98. The zero-order chi connectivity index (χ0) is 26.1. The lowest BCUT2D eigenvalue weighted by molar-refractivity contribution is -0.231. The van der Waals surface area contributed by atoms with Crippen molar-refractivity contribution < 1.29 is 40.2 Å². The summed E-state index contributed by atoms with van der Waals surface area (Å²) in [6.07, 6.45) is -10.9. The molecule has 1 N–H and O–H groups in total. The fourth-order valence-corrected chi connectivity index (χ4v) is 4.00. The molecule has 1 aliphatic heterocycles. The second-order valence-electron chi connectivity index (χ2n) is 8.26. The predicted octanol–water partition coefficient (Wildman–Crippen LogP) is 5.66. The number of morpholine rings is 1. The summed E-state index contributed by atoms with van der Waals surface area (Å²) >= 11 is 0. The van der Waals surface area contributed by atoms with Crippen molar-refractivity contribution in [1.82, 2.24) is 20.1 Å². The molecule has 0 saturated carbocycles. The van der Waals surface area contributed by atoms with Crippen LogP contribution in [0.1, 0.15) is 47.1 Å². The van der Waals surface area contributed by atoms with Gasteiger partial charge in [0, 0.05) is 6.54 Å². The molecule has 6 nitrogen and oxygen atoms in total. The van der Waals surface area contributed by atoms with Crippen molar-refractivity contribution in [3.05, 3.63) is 82.7 Å². The molecule has 0 amide bonds. The summed E-state index contributed by atoms with van der Waals surface area (Å²) in [5.74, 6) is 0.0373. The van der Waals surface area contributed by atoms with Crippen molar-refractivity contribution >= 4 is 0 Å². The summed E-state index contributed by atoms with van der Waals surface area (Å²) < 4.78 is 105. The Labute approximate surface area is 201 Å². The maximum atomic E-state index is 13.6. The predicted molar refractivity (Wildman–Crippen MR) is 112 cm³/mol. The second kappa shape index (κ2) is 10.1. The Morgan fingerprint density at radius 3 is 2.25 bits per heavy atom. The minimum Gasteiger partial charge on any atom is -0.349 e. The Balaban J connectivity index is 1.66. The molecule has 3 atom stereocenters. The molecule has 2 heterocycles. The third-order valence-electron chi connectivity index (χ3n) is 5.76. The number of benzene rings is 2. The fraction of sp³-hybridized carbons (Fsp3) is 0.391. The highest BCUT2D eigenvalue weighted by atomic mass is 19.4. The molecule has 36 heavy (non-hydrogen) atoms. The number of nitrogens with zero attached hydrogens (tertiary/aromatic N) is 3. The van der Waals surface area contributed by atoms with Crippen LogP contribution in [0.2, 0.25) is 0 Å². The monoisotopic (exact) mass is 518 g/mol. The standard InChI is InChI=1S/C23H21F7N4O2/c1-13(15-8-16(22(25,26)27)10-17(9-15)23(28,29)30)36-21-20(14-2-4-18(24)5-3-14)34(6-7-35-21)11-19-31-12-32-33-19/h2-5,8-10,12-13,20-21H,6-7,11H2,1H3,(H,31,32,33)/t13-,20-,21+/m0/s1. The molecule has 2 aromatic carbocycles. The lowest BCUT2D eigenvalue weighted by Crippen LogP contribution is -2.46. The van der Waals surface area contributed by atoms with Crippen molar-refractivity contribution in [3.63, 3.8) is 0 Å². The van der Waals surface area contributed by atoms with Crippen LogP contribution in [0.4, 0.5) is 30.7 Å².